The first-order chi connectivity index (χ1) is 9.70. The SMILES string of the molecule is COc1ccc2c(c1)N(C(=O)c1cccs1)CCC2=O. The number of ketones is 1. The maximum Gasteiger partial charge on any atom is 0.268 e. The highest BCUT2D eigenvalue weighted by atomic mass is 32.1. The molecule has 0 N–H and O–H groups in total. The summed E-state index contributed by atoms with van der Waals surface area (Å²) in [6, 6.07) is 8.86. The van der Waals surface area contributed by atoms with Crippen LogP contribution in [0.15, 0.2) is 35.7 Å². The van der Waals surface area contributed by atoms with Crippen molar-refractivity contribution in [2.45, 2.75) is 6.42 Å². The average molecular weight is 287 g/mol. The molecule has 4 nitrogen and oxygen atoms in total. The third-order valence-electron chi connectivity index (χ3n) is 3.34. The molecule has 1 aliphatic heterocycles. The van der Waals surface area contributed by atoms with Crippen LogP contribution in [0.3, 0.4) is 0 Å². The molecule has 1 aromatic carbocycles. The summed E-state index contributed by atoms with van der Waals surface area (Å²) in [4.78, 5) is 26.8. The van der Waals surface area contributed by atoms with Crippen molar-refractivity contribution in [3.8, 4) is 5.75 Å². The Balaban J connectivity index is 2.05. The van der Waals surface area contributed by atoms with Crippen molar-refractivity contribution in [1.82, 2.24) is 0 Å². The molecule has 3 rings (SSSR count). The summed E-state index contributed by atoms with van der Waals surface area (Å²) in [5.41, 5.74) is 1.22. The molecule has 0 aliphatic carbocycles. The van der Waals surface area contributed by atoms with E-state index < -0.39 is 0 Å². The van der Waals surface area contributed by atoms with E-state index in [4.69, 9.17) is 4.74 Å². The van der Waals surface area contributed by atoms with Crippen LogP contribution in [-0.2, 0) is 0 Å². The number of fused-ring (bicyclic) bond motifs is 1. The minimum atomic E-state index is -0.0676. The minimum Gasteiger partial charge on any atom is -0.497 e. The van der Waals surface area contributed by atoms with E-state index in [1.165, 1.54) is 11.3 Å². The van der Waals surface area contributed by atoms with Crippen molar-refractivity contribution in [1.29, 1.82) is 0 Å². The highest BCUT2D eigenvalue weighted by Gasteiger charge is 2.28. The topological polar surface area (TPSA) is 46.6 Å². The molecule has 0 unspecified atom stereocenters. The van der Waals surface area contributed by atoms with Crippen molar-refractivity contribution in [2.75, 3.05) is 18.6 Å². The molecule has 0 saturated carbocycles. The number of thiophene rings is 1. The number of hydrogen-bond acceptors (Lipinski definition) is 4. The van der Waals surface area contributed by atoms with E-state index in [1.54, 1.807) is 36.3 Å². The molecule has 2 heterocycles. The van der Waals surface area contributed by atoms with Crippen LogP contribution in [0, 0.1) is 0 Å². The number of nitrogens with zero attached hydrogens (tertiary/aromatic N) is 1. The first-order valence-corrected chi connectivity index (χ1v) is 7.15. The average Bonchev–Trinajstić information content (AvgIpc) is 3.01. The van der Waals surface area contributed by atoms with Gasteiger partial charge in [0.25, 0.3) is 5.91 Å². The van der Waals surface area contributed by atoms with Crippen LogP contribution in [0.4, 0.5) is 5.69 Å². The second kappa shape index (κ2) is 5.09. The quantitative estimate of drug-likeness (QED) is 0.853. The van der Waals surface area contributed by atoms with Gasteiger partial charge in [0.1, 0.15) is 5.75 Å². The van der Waals surface area contributed by atoms with E-state index in [2.05, 4.69) is 0 Å². The Labute approximate surface area is 120 Å². The monoisotopic (exact) mass is 287 g/mol. The van der Waals surface area contributed by atoms with Gasteiger partial charge in [0.2, 0.25) is 0 Å². The highest BCUT2D eigenvalue weighted by Crippen LogP contribution is 2.32. The van der Waals surface area contributed by atoms with Gasteiger partial charge in [0.15, 0.2) is 5.78 Å². The zero-order valence-electron chi connectivity index (χ0n) is 11.0. The molecule has 102 valence electrons. The molecule has 0 spiro atoms. The fourth-order valence-corrected chi connectivity index (χ4v) is 2.98. The van der Waals surface area contributed by atoms with Crippen LogP contribution in [0.2, 0.25) is 0 Å². The number of methoxy groups -OCH3 is 1. The molecular formula is C15H13NO3S. The second-order valence-corrected chi connectivity index (χ2v) is 5.44. The maximum atomic E-state index is 12.5. The third kappa shape index (κ3) is 2.10. The summed E-state index contributed by atoms with van der Waals surface area (Å²) in [5, 5.41) is 1.87. The van der Waals surface area contributed by atoms with Crippen molar-refractivity contribution in [3.05, 3.63) is 46.2 Å². The summed E-state index contributed by atoms with van der Waals surface area (Å²) in [7, 11) is 1.57. The molecule has 0 atom stereocenters. The Bertz CT molecular complexity index is 664. The van der Waals surface area contributed by atoms with Gasteiger partial charge in [-0.2, -0.15) is 0 Å². The van der Waals surface area contributed by atoms with Crippen molar-refractivity contribution >= 4 is 28.7 Å². The predicted octanol–water partition coefficient (Wildman–Crippen LogP) is 2.99. The van der Waals surface area contributed by atoms with Crippen LogP contribution in [0.1, 0.15) is 26.5 Å². The second-order valence-electron chi connectivity index (χ2n) is 4.49. The summed E-state index contributed by atoms with van der Waals surface area (Å²) in [6.07, 6.45) is 0.358. The molecule has 0 radical (unpaired) electrons. The van der Waals surface area contributed by atoms with Crippen molar-refractivity contribution < 1.29 is 14.3 Å². The largest absolute Gasteiger partial charge is 0.497 e. The third-order valence-corrected chi connectivity index (χ3v) is 4.19. The van der Waals surface area contributed by atoms with Crippen LogP contribution in [0.5, 0.6) is 5.75 Å². The van der Waals surface area contributed by atoms with Crippen LogP contribution >= 0.6 is 11.3 Å². The standard InChI is InChI=1S/C15H13NO3S/c1-19-10-4-5-11-12(9-10)16(7-6-13(11)17)15(18)14-3-2-8-20-14/h2-5,8-9H,6-7H2,1H3. The van der Waals surface area contributed by atoms with Crippen molar-refractivity contribution in [2.24, 2.45) is 0 Å². The van der Waals surface area contributed by atoms with Gasteiger partial charge in [-0.15, -0.1) is 11.3 Å². The number of carbonyl (C=O) groups is 2. The number of carbonyl (C=O) groups excluding carboxylic acids is 2. The van der Waals surface area contributed by atoms with Gasteiger partial charge in [-0.1, -0.05) is 6.07 Å². The first-order valence-electron chi connectivity index (χ1n) is 6.27. The number of Topliss-reactive ketones (excluding diaryl/α,β-unsaturated/α-hetero) is 1. The first kappa shape index (κ1) is 12.9. The van der Waals surface area contributed by atoms with Crippen molar-refractivity contribution in [3.63, 3.8) is 0 Å². The maximum absolute atomic E-state index is 12.5. The fourth-order valence-electron chi connectivity index (χ4n) is 2.31. The number of rotatable bonds is 2. The van der Waals surface area contributed by atoms with Gasteiger partial charge < -0.3 is 9.64 Å². The van der Waals surface area contributed by atoms with Crippen LogP contribution in [-0.4, -0.2) is 25.3 Å². The number of benzene rings is 1. The molecule has 5 heteroatoms. The molecule has 20 heavy (non-hydrogen) atoms. The minimum absolute atomic E-state index is 0.0675. The van der Waals surface area contributed by atoms with Crippen LogP contribution in [0.25, 0.3) is 0 Å². The van der Waals surface area contributed by atoms with Gasteiger partial charge >= 0.3 is 0 Å². The molecule has 0 bridgehead atoms. The summed E-state index contributed by atoms with van der Waals surface area (Å²) >= 11 is 1.40. The molecule has 1 aliphatic rings. The van der Waals surface area contributed by atoms with E-state index in [-0.39, 0.29) is 11.7 Å². The lowest BCUT2D eigenvalue weighted by molar-refractivity contribution is 0.0957. The van der Waals surface area contributed by atoms with Gasteiger partial charge in [-0.25, -0.2) is 0 Å². The van der Waals surface area contributed by atoms with Gasteiger partial charge in [0, 0.05) is 24.6 Å². The Hall–Kier alpha value is -2.14. The number of amides is 1. The Kier molecular flexibility index (Phi) is 3.28. The molecule has 1 aromatic heterocycles. The normalized spacial score (nSPS) is 14.1. The molecule has 1 amide bonds. The molecule has 2 aromatic rings. The number of anilines is 1. The molecular weight excluding hydrogens is 274 g/mol. The van der Waals surface area contributed by atoms with Gasteiger partial charge in [0.05, 0.1) is 17.7 Å². The van der Waals surface area contributed by atoms with E-state index in [9.17, 15) is 9.59 Å². The zero-order valence-corrected chi connectivity index (χ0v) is 11.8. The Morgan fingerprint density at radius 2 is 2.20 bits per heavy atom. The lowest BCUT2D eigenvalue weighted by atomic mass is 10.00. The Morgan fingerprint density at radius 1 is 1.35 bits per heavy atom. The van der Waals surface area contributed by atoms with Crippen LogP contribution < -0.4 is 9.64 Å². The number of hydrogen-bond donors (Lipinski definition) is 0. The van der Waals surface area contributed by atoms with E-state index in [1.807, 2.05) is 11.4 Å². The fraction of sp³-hybridized carbons (Fsp3) is 0.200. The van der Waals surface area contributed by atoms with E-state index in [0.717, 1.165) is 0 Å². The predicted molar refractivity (Wildman–Crippen MR) is 77.9 cm³/mol. The summed E-state index contributed by atoms with van der Waals surface area (Å²) in [5.74, 6) is 0.641. The Morgan fingerprint density at radius 3 is 2.90 bits per heavy atom. The molecule has 0 saturated heterocycles. The highest BCUT2D eigenvalue weighted by molar-refractivity contribution is 7.12. The van der Waals surface area contributed by atoms with E-state index in [0.29, 0.717) is 34.8 Å². The summed E-state index contributed by atoms with van der Waals surface area (Å²) in [6.45, 7) is 0.412. The number of ether oxygens (including phenoxy) is 1. The van der Waals surface area contributed by atoms with Gasteiger partial charge in [-0.3, -0.25) is 9.59 Å². The van der Waals surface area contributed by atoms with E-state index >= 15 is 0 Å². The summed E-state index contributed by atoms with van der Waals surface area (Å²) < 4.78 is 5.19. The zero-order chi connectivity index (χ0) is 14.1. The van der Waals surface area contributed by atoms with Gasteiger partial charge in [-0.05, 0) is 23.6 Å². The molecule has 0 fully saturated rings. The lowest BCUT2D eigenvalue weighted by Crippen LogP contribution is -2.37. The smallest absolute Gasteiger partial charge is 0.268 e. The lowest BCUT2D eigenvalue weighted by Gasteiger charge is -2.28.